The lowest BCUT2D eigenvalue weighted by molar-refractivity contribution is -0.120. The van der Waals surface area contributed by atoms with Crippen LogP contribution in [-0.2, 0) is 17.6 Å². The van der Waals surface area contributed by atoms with Gasteiger partial charge in [-0.3, -0.25) is 19.3 Å². The lowest BCUT2D eigenvalue weighted by atomic mass is 9.88. The van der Waals surface area contributed by atoms with Crippen molar-refractivity contribution in [3.8, 4) is 11.1 Å². The number of carbonyl (C=O) groups excluding carboxylic acids is 3. The van der Waals surface area contributed by atoms with E-state index in [1.54, 1.807) is 6.07 Å². The molecule has 2 amide bonds. The summed E-state index contributed by atoms with van der Waals surface area (Å²) in [5.41, 5.74) is 6.37. The molecule has 4 aromatic rings. The van der Waals surface area contributed by atoms with E-state index in [0.717, 1.165) is 34.1 Å². The van der Waals surface area contributed by atoms with Gasteiger partial charge in [-0.25, -0.2) is 0 Å². The summed E-state index contributed by atoms with van der Waals surface area (Å²) in [6.07, 6.45) is 3.93. The summed E-state index contributed by atoms with van der Waals surface area (Å²) < 4.78 is 0. The molecular formula is C34H31NO4. The van der Waals surface area contributed by atoms with Crippen molar-refractivity contribution in [3.63, 3.8) is 0 Å². The molecule has 5 rings (SSSR count). The van der Waals surface area contributed by atoms with E-state index in [1.807, 2.05) is 60.7 Å². The Labute approximate surface area is 228 Å². The number of Topliss-reactive ketones (excluding diaryl/α,β-unsaturated/α-hetero) is 1. The number of hydrogen-bond donors (Lipinski definition) is 1. The van der Waals surface area contributed by atoms with Gasteiger partial charge in [0.25, 0.3) is 11.8 Å². The highest BCUT2D eigenvalue weighted by molar-refractivity contribution is 6.26. The minimum absolute atomic E-state index is 0.116. The number of rotatable bonds is 10. The van der Waals surface area contributed by atoms with Crippen LogP contribution in [-0.4, -0.2) is 40.8 Å². The monoisotopic (exact) mass is 517 g/mol. The third-order valence-corrected chi connectivity index (χ3v) is 7.39. The summed E-state index contributed by atoms with van der Waals surface area (Å²) in [6, 6.07) is 27.7. The minimum Gasteiger partial charge on any atom is -0.389 e. The molecule has 196 valence electrons. The van der Waals surface area contributed by atoms with Crippen LogP contribution in [0.4, 0.5) is 0 Å². The van der Waals surface area contributed by atoms with Gasteiger partial charge < -0.3 is 5.11 Å². The van der Waals surface area contributed by atoms with Crippen LogP contribution in [0.5, 0.6) is 0 Å². The highest BCUT2D eigenvalue weighted by Gasteiger charge is 2.33. The van der Waals surface area contributed by atoms with E-state index in [0.29, 0.717) is 29.4 Å². The first kappa shape index (κ1) is 26.3. The van der Waals surface area contributed by atoms with Crippen LogP contribution in [0.1, 0.15) is 51.6 Å². The lowest BCUT2D eigenvalue weighted by Gasteiger charge is -2.28. The zero-order valence-corrected chi connectivity index (χ0v) is 22.0. The van der Waals surface area contributed by atoms with Crippen LogP contribution >= 0.6 is 0 Å². The van der Waals surface area contributed by atoms with E-state index in [1.165, 1.54) is 10.5 Å². The highest BCUT2D eigenvalue weighted by Crippen LogP contribution is 2.36. The molecule has 1 heterocycles. The van der Waals surface area contributed by atoms with Gasteiger partial charge in [0.05, 0.1) is 0 Å². The van der Waals surface area contributed by atoms with Crippen molar-refractivity contribution in [2.45, 2.75) is 32.6 Å². The summed E-state index contributed by atoms with van der Waals surface area (Å²) in [7, 11) is 0. The summed E-state index contributed by atoms with van der Waals surface area (Å²) in [5.74, 6) is -0.879. The molecule has 5 heteroatoms. The molecule has 1 aliphatic heterocycles. The van der Waals surface area contributed by atoms with Crippen molar-refractivity contribution in [2.75, 3.05) is 13.2 Å². The fourth-order valence-electron chi connectivity index (χ4n) is 5.22. The van der Waals surface area contributed by atoms with Gasteiger partial charge >= 0.3 is 0 Å². The molecule has 0 saturated heterocycles. The molecule has 1 N–H and O–H groups in total. The Bertz CT molecular complexity index is 1550. The molecule has 4 aromatic carbocycles. The van der Waals surface area contributed by atoms with Crippen LogP contribution in [0.2, 0.25) is 0 Å². The van der Waals surface area contributed by atoms with Gasteiger partial charge in [-0.15, -0.1) is 0 Å². The largest absolute Gasteiger partial charge is 0.389 e. The number of aliphatic hydroxyl groups is 1. The second-order valence-electron chi connectivity index (χ2n) is 9.88. The van der Waals surface area contributed by atoms with E-state index >= 15 is 0 Å². The summed E-state index contributed by atoms with van der Waals surface area (Å²) in [4.78, 5) is 40.3. The maximum Gasteiger partial charge on any atom is 0.261 e. The molecule has 0 aromatic heterocycles. The third kappa shape index (κ3) is 5.45. The number of benzene rings is 4. The molecule has 0 fully saturated rings. The van der Waals surface area contributed by atoms with Gasteiger partial charge in [0.15, 0.2) is 5.78 Å². The van der Waals surface area contributed by atoms with Crippen molar-refractivity contribution < 1.29 is 19.5 Å². The standard InChI is InChI=1S/C34H31NO4/c1-2-23-11-14-26(15-12-23)28-17-18-31-32-29(28)9-6-10-30(32)33(38)35(34(31)39)20-19-25(13-16-27(37)22-36)21-24-7-4-3-5-8-24/h3-15,17-18,36H,2,16,19-22H2,1H3/b25-13-. The Morgan fingerprint density at radius 2 is 1.49 bits per heavy atom. The number of aliphatic hydroxyl groups excluding tert-OH is 1. The summed E-state index contributed by atoms with van der Waals surface area (Å²) in [6.45, 7) is 1.82. The molecule has 0 bridgehead atoms. The highest BCUT2D eigenvalue weighted by atomic mass is 16.3. The molecule has 0 saturated carbocycles. The van der Waals surface area contributed by atoms with Crippen molar-refractivity contribution in [2.24, 2.45) is 0 Å². The Hall–Kier alpha value is -4.35. The number of nitrogens with zero attached hydrogens (tertiary/aromatic N) is 1. The van der Waals surface area contributed by atoms with Crippen molar-refractivity contribution >= 4 is 28.4 Å². The van der Waals surface area contributed by atoms with Gasteiger partial charge in [0.1, 0.15) is 6.61 Å². The molecule has 0 unspecified atom stereocenters. The maximum atomic E-state index is 13.6. The van der Waals surface area contributed by atoms with Crippen molar-refractivity contribution in [3.05, 3.63) is 119 Å². The first-order chi connectivity index (χ1) is 19.0. The predicted octanol–water partition coefficient (Wildman–Crippen LogP) is 6.18. The molecule has 0 atom stereocenters. The Morgan fingerprint density at radius 3 is 2.18 bits per heavy atom. The van der Waals surface area contributed by atoms with Crippen molar-refractivity contribution in [1.29, 1.82) is 0 Å². The van der Waals surface area contributed by atoms with E-state index in [-0.39, 0.29) is 30.6 Å². The number of imide groups is 1. The average Bonchev–Trinajstić information content (AvgIpc) is 2.98. The first-order valence-electron chi connectivity index (χ1n) is 13.4. The van der Waals surface area contributed by atoms with Gasteiger partial charge in [-0.2, -0.15) is 0 Å². The zero-order chi connectivity index (χ0) is 27.4. The lowest BCUT2D eigenvalue weighted by Crippen LogP contribution is -2.41. The maximum absolute atomic E-state index is 13.6. The minimum atomic E-state index is -0.510. The van der Waals surface area contributed by atoms with Gasteiger partial charge in [-0.1, -0.05) is 91.4 Å². The van der Waals surface area contributed by atoms with Crippen molar-refractivity contribution in [1.82, 2.24) is 4.90 Å². The fourth-order valence-corrected chi connectivity index (χ4v) is 5.22. The van der Waals surface area contributed by atoms with Gasteiger partial charge in [0.2, 0.25) is 0 Å². The van der Waals surface area contributed by atoms with E-state index in [9.17, 15) is 14.4 Å². The predicted molar refractivity (Wildman–Crippen MR) is 154 cm³/mol. The number of aryl methyl sites for hydroxylation is 1. The van der Waals surface area contributed by atoms with E-state index in [2.05, 4.69) is 31.2 Å². The number of ketones is 1. The Balaban J connectivity index is 1.44. The zero-order valence-electron chi connectivity index (χ0n) is 22.0. The van der Waals surface area contributed by atoms with Gasteiger partial charge in [-0.05, 0) is 59.0 Å². The SMILES string of the molecule is CCc1ccc(-c2ccc3c4c(cccc24)C(=O)N(CC/C(=C/CC(=O)CO)Cc2ccccc2)C3=O)cc1. The fraction of sp³-hybridized carbons (Fsp3) is 0.206. The number of allylic oxidation sites excluding steroid dienone is 1. The molecule has 0 aliphatic carbocycles. The Morgan fingerprint density at radius 1 is 0.795 bits per heavy atom. The summed E-state index contributed by atoms with van der Waals surface area (Å²) in [5, 5.41) is 10.7. The van der Waals surface area contributed by atoms with Crippen LogP contribution in [0.25, 0.3) is 21.9 Å². The first-order valence-corrected chi connectivity index (χ1v) is 13.4. The molecule has 39 heavy (non-hydrogen) atoms. The molecule has 0 spiro atoms. The second kappa shape index (κ2) is 11.6. The second-order valence-corrected chi connectivity index (χ2v) is 9.88. The summed E-state index contributed by atoms with van der Waals surface area (Å²) >= 11 is 0. The van der Waals surface area contributed by atoms with Crippen LogP contribution in [0.15, 0.2) is 96.6 Å². The van der Waals surface area contributed by atoms with E-state index < -0.39 is 6.61 Å². The smallest absolute Gasteiger partial charge is 0.261 e. The quantitative estimate of drug-likeness (QED) is 0.201. The number of hydrogen-bond acceptors (Lipinski definition) is 4. The number of carbonyl (C=O) groups is 3. The van der Waals surface area contributed by atoms with Gasteiger partial charge in [0, 0.05) is 29.5 Å². The van der Waals surface area contributed by atoms with Crippen LogP contribution in [0.3, 0.4) is 0 Å². The van der Waals surface area contributed by atoms with Crippen LogP contribution < -0.4 is 0 Å². The number of amides is 2. The topological polar surface area (TPSA) is 74.7 Å². The molecular weight excluding hydrogens is 486 g/mol. The average molecular weight is 518 g/mol. The third-order valence-electron chi connectivity index (χ3n) is 7.39. The van der Waals surface area contributed by atoms with E-state index in [4.69, 9.17) is 5.11 Å². The molecule has 0 radical (unpaired) electrons. The Kier molecular flexibility index (Phi) is 7.80. The molecule has 5 nitrogen and oxygen atoms in total. The van der Waals surface area contributed by atoms with Crippen LogP contribution in [0, 0.1) is 0 Å². The normalized spacial score (nSPS) is 13.3. The molecule has 1 aliphatic rings.